The number of benzene rings is 1. The fourth-order valence-electron chi connectivity index (χ4n) is 2.37. The fourth-order valence-corrected chi connectivity index (χ4v) is 2.95. The molecule has 134 valence electrons. The molecule has 1 fully saturated rings. The van der Waals surface area contributed by atoms with Gasteiger partial charge in [-0.1, -0.05) is 6.42 Å². The lowest BCUT2D eigenvalue weighted by atomic mass is 9.98. The molecular formula is C13H15F3N2O5S. The van der Waals surface area contributed by atoms with Gasteiger partial charge < -0.3 is 4.74 Å². The second-order valence-electron chi connectivity index (χ2n) is 5.37. The molecule has 7 nitrogen and oxygen atoms in total. The molecule has 1 aliphatic rings. The highest BCUT2D eigenvalue weighted by Gasteiger charge is 2.46. The molecule has 1 aromatic rings. The van der Waals surface area contributed by atoms with Crippen molar-refractivity contribution >= 4 is 21.4 Å². The van der Waals surface area contributed by atoms with Crippen LogP contribution in [0.3, 0.4) is 0 Å². The van der Waals surface area contributed by atoms with Gasteiger partial charge in [-0.15, -0.1) is 0 Å². The maximum Gasteiger partial charge on any atom is 0.516 e. The lowest BCUT2D eigenvalue weighted by Gasteiger charge is -2.24. The average molecular weight is 368 g/mol. The molecule has 0 aliphatic heterocycles. The first-order chi connectivity index (χ1) is 11.1. The Hall–Kier alpha value is -2.04. The summed E-state index contributed by atoms with van der Waals surface area (Å²) in [5.74, 6) is -0.288. The van der Waals surface area contributed by atoms with Crippen molar-refractivity contribution in [3.63, 3.8) is 0 Å². The van der Waals surface area contributed by atoms with E-state index in [2.05, 4.69) is 0 Å². The third kappa shape index (κ3) is 4.28. The molecule has 0 saturated heterocycles. The van der Waals surface area contributed by atoms with Crippen LogP contribution in [0, 0.1) is 10.1 Å². The monoisotopic (exact) mass is 368 g/mol. The van der Waals surface area contributed by atoms with E-state index in [1.807, 2.05) is 0 Å². The standard InChI is InChI=1S/C13H15F3N2O5S/c14-13(15,16)24(21,22)17-11-7-6-9(18(19)20)8-12(11)23-10-4-2-1-3-5-10/h6-8,10,17H,1-5H2. The Morgan fingerprint density at radius 1 is 1.21 bits per heavy atom. The summed E-state index contributed by atoms with van der Waals surface area (Å²) in [6.45, 7) is 0. The number of non-ortho nitro benzene ring substituents is 1. The number of nitro groups is 1. The van der Waals surface area contributed by atoms with E-state index in [1.54, 1.807) is 0 Å². The highest BCUT2D eigenvalue weighted by molar-refractivity contribution is 7.93. The van der Waals surface area contributed by atoms with Gasteiger partial charge in [0.2, 0.25) is 0 Å². The molecule has 0 bridgehead atoms. The molecule has 0 heterocycles. The van der Waals surface area contributed by atoms with Gasteiger partial charge in [0.25, 0.3) is 5.69 Å². The van der Waals surface area contributed by atoms with Crippen LogP contribution in [0.25, 0.3) is 0 Å². The maximum atomic E-state index is 12.5. The van der Waals surface area contributed by atoms with Gasteiger partial charge >= 0.3 is 15.5 Å². The van der Waals surface area contributed by atoms with Crippen molar-refractivity contribution in [1.82, 2.24) is 0 Å². The molecule has 1 aliphatic carbocycles. The van der Waals surface area contributed by atoms with Gasteiger partial charge in [0, 0.05) is 6.07 Å². The molecule has 0 atom stereocenters. The predicted octanol–water partition coefficient (Wildman–Crippen LogP) is 3.57. The van der Waals surface area contributed by atoms with E-state index in [0.29, 0.717) is 12.8 Å². The van der Waals surface area contributed by atoms with Gasteiger partial charge in [0.15, 0.2) is 5.75 Å². The SMILES string of the molecule is O=[N+]([O-])c1ccc(NS(=O)(=O)C(F)(F)F)c(OC2CCCCC2)c1. The van der Waals surface area contributed by atoms with Crippen molar-refractivity contribution in [1.29, 1.82) is 0 Å². The van der Waals surface area contributed by atoms with Gasteiger partial charge in [0.1, 0.15) is 0 Å². The van der Waals surface area contributed by atoms with Gasteiger partial charge in [-0.3, -0.25) is 14.8 Å². The molecule has 24 heavy (non-hydrogen) atoms. The van der Waals surface area contributed by atoms with E-state index in [0.717, 1.165) is 37.5 Å². The zero-order valence-corrected chi connectivity index (χ0v) is 13.2. The third-order valence-electron chi connectivity index (χ3n) is 3.57. The number of alkyl halides is 3. The second-order valence-corrected chi connectivity index (χ2v) is 7.04. The molecule has 0 unspecified atom stereocenters. The number of sulfonamides is 1. The summed E-state index contributed by atoms with van der Waals surface area (Å²) in [4.78, 5) is 10.1. The average Bonchev–Trinajstić information content (AvgIpc) is 2.48. The van der Waals surface area contributed by atoms with Crippen molar-refractivity contribution in [3.8, 4) is 5.75 Å². The van der Waals surface area contributed by atoms with E-state index in [9.17, 15) is 31.7 Å². The molecule has 1 aromatic carbocycles. The number of nitrogens with zero attached hydrogens (tertiary/aromatic N) is 1. The van der Waals surface area contributed by atoms with Crippen molar-refractivity contribution in [3.05, 3.63) is 28.3 Å². The van der Waals surface area contributed by atoms with Gasteiger partial charge in [-0.25, -0.2) is 0 Å². The molecule has 1 saturated carbocycles. The molecule has 2 rings (SSSR count). The fraction of sp³-hybridized carbons (Fsp3) is 0.538. The van der Waals surface area contributed by atoms with Crippen LogP contribution < -0.4 is 9.46 Å². The lowest BCUT2D eigenvalue weighted by Crippen LogP contribution is -2.30. The zero-order valence-electron chi connectivity index (χ0n) is 12.4. The number of rotatable bonds is 5. The quantitative estimate of drug-likeness (QED) is 0.633. The number of hydrogen-bond acceptors (Lipinski definition) is 5. The number of halogens is 3. The molecule has 0 radical (unpaired) electrons. The highest BCUT2D eigenvalue weighted by Crippen LogP contribution is 2.35. The summed E-state index contributed by atoms with van der Waals surface area (Å²) in [5.41, 5.74) is -6.39. The second kappa shape index (κ2) is 6.83. The normalized spacial score (nSPS) is 16.6. The van der Waals surface area contributed by atoms with Gasteiger partial charge in [-0.2, -0.15) is 21.6 Å². The number of anilines is 1. The largest absolute Gasteiger partial charge is 0.516 e. The molecule has 0 aromatic heterocycles. The predicted molar refractivity (Wildman–Crippen MR) is 79.2 cm³/mol. The van der Waals surface area contributed by atoms with Gasteiger partial charge in [0.05, 0.1) is 22.8 Å². The van der Waals surface area contributed by atoms with Crippen molar-refractivity contribution in [2.45, 2.75) is 43.7 Å². The summed E-state index contributed by atoms with van der Waals surface area (Å²) in [6, 6.07) is 2.71. The lowest BCUT2D eigenvalue weighted by molar-refractivity contribution is -0.384. The Balaban J connectivity index is 2.33. The Morgan fingerprint density at radius 3 is 2.38 bits per heavy atom. The van der Waals surface area contributed by atoms with Crippen LogP contribution in [0.1, 0.15) is 32.1 Å². The Kier molecular flexibility index (Phi) is 5.21. The number of hydrogen-bond donors (Lipinski definition) is 1. The first-order valence-corrected chi connectivity index (χ1v) is 8.62. The smallest absolute Gasteiger partial charge is 0.488 e. The van der Waals surface area contributed by atoms with Crippen molar-refractivity contribution in [2.75, 3.05) is 4.72 Å². The Morgan fingerprint density at radius 2 is 1.83 bits per heavy atom. The number of nitrogens with one attached hydrogen (secondary N) is 1. The van der Waals surface area contributed by atoms with Crippen LogP contribution in [0.15, 0.2) is 18.2 Å². The zero-order chi connectivity index (χ0) is 18.0. The van der Waals surface area contributed by atoms with Crippen LogP contribution >= 0.6 is 0 Å². The first-order valence-electron chi connectivity index (χ1n) is 7.14. The summed E-state index contributed by atoms with van der Waals surface area (Å²) in [6.07, 6.45) is 3.70. The first kappa shape index (κ1) is 18.3. The van der Waals surface area contributed by atoms with Crippen molar-refractivity contribution < 1.29 is 31.2 Å². The molecular weight excluding hydrogens is 353 g/mol. The van der Waals surface area contributed by atoms with E-state index in [-0.39, 0.29) is 11.9 Å². The van der Waals surface area contributed by atoms with E-state index in [4.69, 9.17) is 4.74 Å². The van der Waals surface area contributed by atoms with Crippen molar-refractivity contribution in [2.24, 2.45) is 0 Å². The molecule has 11 heteroatoms. The molecule has 1 N–H and O–H groups in total. The number of ether oxygens (including phenoxy) is 1. The van der Waals surface area contributed by atoms with Crippen LogP contribution in [-0.4, -0.2) is 25.0 Å². The van der Waals surface area contributed by atoms with E-state index in [1.165, 1.54) is 4.72 Å². The van der Waals surface area contributed by atoms with E-state index < -0.39 is 31.8 Å². The van der Waals surface area contributed by atoms with Crippen LogP contribution in [-0.2, 0) is 10.0 Å². The Labute approximate surface area is 136 Å². The topological polar surface area (TPSA) is 98.5 Å². The van der Waals surface area contributed by atoms with E-state index >= 15 is 0 Å². The Bertz CT molecular complexity index is 715. The third-order valence-corrected chi connectivity index (χ3v) is 4.67. The number of nitro benzene ring substituents is 1. The highest BCUT2D eigenvalue weighted by atomic mass is 32.2. The van der Waals surface area contributed by atoms with Crippen LogP contribution in [0.4, 0.5) is 24.5 Å². The summed E-state index contributed by atoms with van der Waals surface area (Å²) >= 11 is 0. The summed E-state index contributed by atoms with van der Waals surface area (Å²) in [5, 5.41) is 10.8. The van der Waals surface area contributed by atoms with Crippen LogP contribution in [0.2, 0.25) is 0 Å². The summed E-state index contributed by atoms with van der Waals surface area (Å²) < 4.78 is 67.0. The minimum absolute atomic E-state index is 0.288. The minimum atomic E-state index is -5.65. The molecule has 0 spiro atoms. The van der Waals surface area contributed by atoms with Crippen LogP contribution in [0.5, 0.6) is 5.75 Å². The maximum absolute atomic E-state index is 12.5. The summed E-state index contributed by atoms with van der Waals surface area (Å²) in [7, 11) is -5.65. The van der Waals surface area contributed by atoms with Gasteiger partial charge in [-0.05, 0) is 31.7 Å². The molecule has 0 amide bonds. The minimum Gasteiger partial charge on any atom is -0.488 e.